The van der Waals surface area contributed by atoms with Crippen molar-refractivity contribution < 1.29 is 4.79 Å². The third kappa shape index (κ3) is 2.64. The van der Waals surface area contributed by atoms with Crippen LogP contribution < -0.4 is 0 Å². The molecule has 1 fully saturated rings. The molecule has 0 spiro atoms. The van der Waals surface area contributed by atoms with Crippen molar-refractivity contribution in [1.29, 1.82) is 0 Å². The van der Waals surface area contributed by atoms with Gasteiger partial charge in [0.1, 0.15) is 0 Å². The summed E-state index contributed by atoms with van der Waals surface area (Å²) in [4.78, 5) is 14.8. The van der Waals surface area contributed by atoms with Crippen LogP contribution in [0.5, 0.6) is 0 Å². The molecule has 0 bridgehead atoms. The molecule has 1 saturated heterocycles. The number of hydrogen-bond donors (Lipinski definition) is 0. The van der Waals surface area contributed by atoms with Crippen LogP contribution in [0.15, 0.2) is 24.5 Å². The molecule has 2 aromatic heterocycles. The van der Waals surface area contributed by atoms with Crippen molar-refractivity contribution in [2.24, 2.45) is 0 Å². The molecule has 3 heterocycles. The average Bonchev–Trinajstić information content (AvgIpc) is 3.09. The van der Waals surface area contributed by atoms with Gasteiger partial charge in [-0.05, 0) is 25.0 Å². The van der Waals surface area contributed by atoms with E-state index in [4.69, 9.17) is 11.6 Å². The van der Waals surface area contributed by atoms with Crippen LogP contribution in [-0.2, 0) is 0 Å². The lowest BCUT2D eigenvalue weighted by atomic mass is 10.1. The minimum Gasteiger partial charge on any atom is -0.338 e. The summed E-state index contributed by atoms with van der Waals surface area (Å²) >= 11 is 7.20. The fourth-order valence-electron chi connectivity index (χ4n) is 2.33. The summed E-state index contributed by atoms with van der Waals surface area (Å²) in [6, 6.07) is 3.90. The molecule has 1 amide bonds. The van der Waals surface area contributed by atoms with Crippen LogP contribution in [0.4, 0.5) is 0 Å². The van der Waals surface area contributed by atoms with Crippen LogP contribution in [0.3, 0.4) is 0 Å². The molecule has 7 heteroatoms. The lowest BCUT2D eigenvalue weighted by Gasteiger charge is -2.31. The van der Waals surface area contributed by atoms with Crippen LogP contribution >= 0.6 is 22.9 Å². The van der Waals surface area contributed by atoms with Gasteiger partial charge in [0.05, 0.1) is 21.5 Å². The van der Waals surface area contributed by atoms with Gasteiger partial charge in [-0.25, -0.2) is 4.68 Å². The Labute approximate surface area is 119 Å². The van der Waals surface area contributed by atoms with Gasteiger partial charge in [-0.15, -0.1) is 16.4 Å². The Hall–Kier alpha value is -1.40. The van der Waals surface area contributed by atoms with Gasteiger partial charge in [0, 0.05) is 19.3 Å². The first-order valence-electron chi connectivity index (χ1n) is 6.14. The number of rotatable bonds is 2. The van der Waals surface area contributed by atoms with Crippen LogP contribution in [0.1, 0.15) is 28.6 Å². The highest BCUT2D eigenvalue weighted by Crippen LogP contribution is 2.26. The van der Waals surface area contributed by atoms with E-state index < -0.39 is 0 Å². The van der Waals surface area contributed by atoms with Crippen molar-refractivity contribution in [2.45, 2.75) is 18.9 Å². The molecule has 1 aliphatic rings. The van der Waals surface area contributed by atoms with Crippen molar-refractivity contribution in [2.75, 3.05) is 13.1 Å². The van der Waals surface area contributed by atoms with Gasteiger partial charge in [-0.2, -0.15) is 0 Å². The van der Waals surface area contributed by atoms with E-state index in [1.54, 1.807) is 18.3 Å². The minimum atomic E-state index is 0.0777. The Morgan fingerprint density at radius 2 is 2.16 bits per heavy atom. The molecule has 19 heavy (non-hydrogen) atoms. The van der Waals surface area contributed by atoms with E-state index in [0.717, 1.165) is 25.9 Å². The second-order valence-corrected chi connectivity index (χ2v) is 6.23. The number of nitrogens with zero attached hydrogens (tertiary/aromatic N) is 4. The number of hydrogen-bond acceptors (Lipinski definition) is 4. The normalized spacial score (nSPS) is 16.8. The third-order valence-corrected chi connectivity index (χ3v) is 4.57. The molecule has 0 atom stereocenters. The van der Waals surface area contributed by atoms with Gasteiger partial charge in [-0.3, -0.25) is 4.79 Å². The Morgan fingerprint density at radius 3 is 2.74 bits per heavy atom. The van der Waals surface area contributed by atoms with Crippen molar-refractivity contribution >= 4 is 28.8 Å². The van der Waals surface area contributed by atoms with E-state index in [0.29, 0.717) is 15.3 Å². The largest absolute Gasteiger partial charge is 0.338 e. The summed E-state index contributed by atoms with van der Waals surface area (Å²) in [5, 5.41) is 7.84. The molecule has 0 saturated carbocycles. The Balaban J connectivity index is 1.62. The SMILES string of the molecule is O=C(c1ccc(Cl)s1)N1CCC(n2ccnn2)CC1. The van der Waals surface area contributed by atoms with Crippen molar-refractivity contribution in [3.05, 3.63) is 33.7 Å². The second kappa shape index (κ2) is 5.30. The van der Waals surface area contributed by atoms with Gasteiger partial charge in [-0.1, -0.05) is 16.8 Å². The second-order valence-electron chi connectivity index (χ2n) is 4.51. The highest BCUT2D eigenvalue weighted by molar-refractivity contribution is 7.17. The summed E-state index contributed by atoms with van der Waals surface area (Å²) < 4.78 is 2.53. The highest BCUT2D eigenvalue weighted by atomic mass is 35.5. The van der Waals surface area contributed by atoms with Gasteiger partial charge in [0.2, 0.25) is 0 Å². The van der Waals surface area contributed by atoms with E-state index in [-0.39, 0.29) is 5.91 Å². The number of aromatic nitrogens is 3. The number of thiophene rings is 1. The molecule has 0 aromatic carbocycles. The Kier molecular flexibility index (Phi) is 3.52. The number of carbonyl (C=O) groups excluding carboxylic acids is 1. The number of halogens is 1. The lowest BCUT2D eigenvalue weighted by molar-refractivity contribution is 0.0694. The molecule has 100 valence electrons. The lowest BCUT2D eigenvalue weighted by Crippen LogP contribution is -2.38. The Morgan fingerprint density at radius 1 is 1.37 bits per heavy atom. The first kappa shape index (κ1) is 12.6. The zero-order chi connectivity index (χ0) is 13.2. The zero-order valence-electron chi connectivity index (χ0n) is 10.2. The average molecular weight is 297 g/mol. The number of piperidine rings is 1. The summed E-state index contributed by atoms with van der Waals surface area (Å²) in [7, 11) is 0. The van der Waals surface area contributed by atoms with Crippen molar-refractivity contribution in [3.8, 4) is 0 Å². The topological polar surface area (TPSA) is 51.0 Å². The van der Waals surface area contributed by atoms with E-state index in [1.165, 1.54) is 11.3 Å². The maximum absolute atomic E-state index is 12.2. The molecule has 0 N–H and O–H groups in total. The molecule has 0 radical (unpaired) electrons. The fraction of sp³-hybridized carbons (Fsp3) is 0.417. The first-order chi connectivity index (χ1) is 9.24. The monoisotopic (exact) mass is 296 g/mol. The molecular weight excluding hydrogens is 284 g/mol. The standard InChI is InChI=1S/C12H13ClN4OS/c13-11-2-1-10(19-11)12(18)16-6-3-9(4-7-16)17-8-5-14-15-17/h1-2,5,8-9H,3-4,6-7H2. The number of carbonyl (C=O) groups is 1. The molecular formula is C12H13ClN4OS. The fourth-order valence-corrected chi connectivity index (χ4v) is 3.34. The zero-order valence-corrected chi connectivity index (χ0v) is 11.8. The maximum atomic E-state index is 12.2. The van der Waals surface area contributed by atoms with Crippen molar-refractivity contribution in [1.82, 2.24) is 19.9 Å². The molecule has 0 unspecified atom stereocenters. The smallest absolute Gasteiger partial charge is 0.263 e. The maximum Gasteiger partial charge on any atom is 0.263 e. The molecule has 5 nitrogen and oxygen atoms in total. The van der Waals surface area contributed by atoms with Gasteiger partial charge in [0.25, 0.3) is 5.91 Å². The van der Waals surface area contributed by atoms with Gasteiger partial charge >= 0.3 is 0 Å². The van der Waals surface area contributed by atoms with E-state index in [1.807, 2.05) is 15.8 Å². The van der Waals surface area contributed by atoms with Crippen LogP contribution in [0.2, 0.25) is 4.34 Å². The summed E-state index contributed by atoms with van der Waals surface area (Å²) in [5.74, 6) is 0.0777. The molecule has 1 aliphatic heterocycles. The minimum absolute atomic E-state index is 0.0777. The van der Waals surface area contributed by atoms with E-state index >= 15 is 0 Å². The molecule has 3 rings (SSSR count). The third-order valence-electron chi connectivity index (χ3n) is 3.35. The van der Waals surface area contributed by atoms with Crippen molar-refractivity contribution in [3.63, 3.8) is 0 Å². The summed E-state index contributed by atoms with van der Waals surface area (Å²) in [6.45, 7) is 1.50. The summed E-state index contributed by atoms with van der Waals surface area (Å²) in [6.07, 6.45) is 5.38. The molecule has 2 aromatic rings. The van der Waals surface area contributed by atoms with E-state index in [9.17, 15) is 4.79 Å². The van der Waals surface area contributed by atoms with Gasteiger partial charge < -0.3 is 4.90 Å². The highest BCUT2D eigenvalue weighted by Gasteiger charge is 2.25. The molecule has 0 aliphatic carbocycles. The predicted molar refractivity (Wildman–Crippen MR) is 73.5 cm³/mol. The van der Waals surface area contributed by atoms with Crippen LogP contribution in [0.25, 0.3) is 0 Å². The van der Waals surface area contributed by atoms with E-state index in [2.05, 4.69) is 10.3 Å². The van der Waals surface area contributed by atoms with Gasteiger partial charge in [0.15, 0.2) is 0 Å². The Bertz CT molecular complexity index is 560. The van der Waals surface area contributed by atoms with Crippen LogP contribution in [-0.4, -0.2) is 38.9 Å². The number of likely N-dealkylation sites (tertiary alicyclic amines) is 1. The van der Waals surface area contributed by atoms with Crippen LogP contribution in [0, 0.1) is 0 Å². The first-order valence-corrected chi connectivity index (χ1v) is 7.34. The summed E-state index contributed by atoms with van der Waals surface area (Å²) in [5.41, 5.74) is 0. The predicted octanol–water partition coefficient (Wildman–Crippen LogP) is 2.47. The quantitative estimate of drug-likeness (QED) is 0.855. The number of amides is 1.